The van der Waals surface area contributed by atoms with Gasteiger partial charge in [-0.25, -0.2) is 14.1 Å². The lowest BCUT2D eigenvalue weighted by Crippen LogP contribution is -2.35. The number of hydrogen-bond acceptors (Lipinski definition) is 4. The van der Waals surface area contributed by atoms with Crippen LogP contribution in [0.1, 0.15) is 30.1 Å². The molecule has 1 amide bonds. The summed E-state index contributed by atoms with van der Waals surface area (Å²) in [7, 11) is 0. The number of carbonyl (C=O) groups is 1. The van der Waals surface area contributed by atoms with Crippen molar-refractivity contribution in [2.75, 3.05) is 0 Å². The molecule has 3 aromatic rings. The highest BCUT2D eigenvalue weighted by atomic mass is 19.1. The summed E-state index contributed by atoms with van der Waals surface area (Å²) >= 11 is 0. The maximum Gasteiger partial charge on any atom is 0.239 e. The largest absolute Gasteiger partial charge is 0.368 e. The molecule has 0 radical (unpaired) electrons. The molecule has 0 aliphatic carbocycles. The molecule has 0 saturated carbocycles. The van der Waals surface area contributed by atoms with Crippen LogP contribution in [-0.2, 0) is 4.79 Å². The summed E-state index contributed by atoms with van der Waals surface area (Å²) < 4.78 is 14.7. The first-order chi connectivity index (χ1) is 12.0. The molecule has 0 spiro atoms. The second kappa shape index (κ2) is 7.23. The number of hydrogen-bond donors (Lipinski definition) is 2. The van der Waals surface area contributed by atoms with Crippen molar-refractivity contribution in [2.45, 2.75) is 19.0 Å². The van der Waals surface area contributed by atoms with E-state index < -0.39 is 11.9 Å². The summed E-state index contributed by atoms with van der Waals surface area (Å²) in [5, 5.41) is 7.27. The zero-order valence-corrected chi connectivity index (χ0v) is 13.6. The van der Waals surface area contributed by atoms with E-state index in [0.29, 0.717) is 5.56 Å². The zero-order valence-electron chi connectivity index (χ0n) is 13.6. The van der Waals surface area contributed by atoms with Crippen LogP contribution in [0.5, 0.6) is 0 Å². The summed E-state index contributed by atoms with van der Waals surface area (Å²) in [5.74, 6) is -0.874. The highest BCUT2D eigenvalue weighted by molar-refractivity contribution is 5.81. The number of halogens is 1. The predicted molar refractivity (Wildman–Crippen MR) is 91.2 cm³/mol. The number of benzene rings is 2. The van der Waals surface area contributed by atoms with Crippen molar-refractivity contribution < 1.29 is 9.18 Å². The number of amides is 1. The molecule has 3 rings (SSSR count). The molecule has 0 aliphatic heterocycles. The summed E-state index contributed by atoms with van der Waals surface area (Å²) in [6.45, 7) is 1.93. The molecule has 25 heavy (non-hydrogen) atoms. The Morgan fingerprint density at radius 1 is 1.12 bits per heavy atom. The average Bonchev–Trinajstić information content (AvgIpc) is 3.15. The van der Waals surface area contributed by atoms with E-state index in [-0.39, 0.29) is 11.9 Å². The van der Waals surface area contributed by atoms with Gasteiger partial charge in [-0.05, 0) is 42.3 Å². The Balaban J connectivity index is 1.76. The van der Waals surface area contributed by atoms with Crippen molar-refractivity contribution in [3.8, 4) is 5.69 Å². The van der Waals surface area contributed by atoms with E-state index in [2.05, 4.69) is 15.4 Å². The number of carbonyl (C=O) groups excluding carboxylic acids is 1. The number of aromatic nitrogens is 3. The van der Waals surface area contributed by atoms with E-state index in [1.165, 1.54) is 18.5 Å². The molecular weight excluding hydrogens is 321 g/mol. The van der Waals surface area contributed by atoms with Gasteiger partial charge in [-0.15, -0.1) is 0 Å². The third kappa shape index (κ3) is 3.89. The first-order valence-corrected chi connectivity index (χ1v) is 7.80. The second-order valence-corrected chi connectivity index (χ2v) is 5.71. The third-order valence-electron chi connectivity index (χ3n) is 3.98. The van der Waals surface area contributed by atoms with Crippen LogP contribution >= 0.6 is 0 Å². The molecule has 2 unspecified atom stereocenters. The maximum absolute atomic E-state index is 13.1. The molecule has 0 aliphatic rings. The number of nitrogens with two attached hydrogens (primary N) is 1. The van der Waals surface area contributed by atoms with Crippen molar-refractivity contribution in [1.29, 1.82) is 0 Å². The van der Waals surface area contributed by atoms with Crippen molar-refractivity contribution in [3.63, 3.8) is 0 Å². The number of nitrogens with zero attached hydrogens (tertiary/aromatic N) is 3. The Labute approximate surface area is 144 Å². The minimum Gasteiger partial charge on any atom is -0.368 e. The molecule has 1 heterocycles. The van der Waals surface area contributed by atoms with Crippen molar-refractivity contribution in [1.82, 2.24) is 20.1 Å². The van der Waals surface area contributed by atoms with E-state index in [1.807, 2.05) is 31.2 Å². The molecule has 3 N–H and O–H groups in total. The molecule has 0 fully saturated rings. The van der Waals surface area contributed by atoms with E-state index in [9.17, 15) is 9.18 Å². The van der Waals surface area contributed by atoms with Gasteiger partial charge < -0.3 is 5.73 Å². The van der Waals surface area contributed by atoms with E-state index in [4.69, 9.17) is 5.73 Å². The molecule has 2 atom stereocenters. The lowest BCUT2D eigenvalue weighted by atomic mass is 10.0. The quantitative estimate of drug-likeness (QED) is 0.721. The Morgan fingerprint density at radius 3 is 2.32 bits per heavy atom. The monoisotopic (exact) mass is 339 g/mol. The van der Waals surface area contributed by atoms with E-state index >= 15 is 0 Å². The van der Waals surface area contributed by atoms with Gasteiger partial charge in [0, 0.05) is 6.04 Å². The Kier molecular flexibility index (Phi) is 4.85. The number of rotatable bonds is 6. The lowest BCUT2D eigenvalue weighted by molar-refractivity contribution is -0.120. The molecule has 2 aromatic carbocycles. The molecule has 0 bridgehead atoms. The van der Waals surface area contributed by atoms with Crippen LogP contribution in [-0.4, -0.2) is 20.7 Å². The third-order valence-corrected chi connectivity index (χ3v) is 3.98. The summed E-state index contributed by atoms with van der Waals surface area (Å²) in [5.41, 5.74) is 8.00. The van der Waals surface area contributed by atoms with Gasteiger partial charge in [0.1, 0.15) is 24.5 Å². The average molecular weight is 339 g/mol. The van der Waals surface area contributed by atoms with Gasteiger partial charge in [-0.3, -0.25) is 10.1 Å². The number of primary amides is 1. The normalized spacial score (nSPS) is 13.4. The van der Waals surface area contributed by atoms with E-state index in [1.54, 1.807) is 23.1 Å². The fraction of sp³-hybridized carbons (Fsp3) is 0.167. The standard InChI is InChI=1S/C18H18FN5O/c1-12(13-4-8-16(9-5-13)24-11-21-10-22-24)23-17(18(20)25)14-2-6-15(19)7-3-14/h2-12,17,23H,1H3,(H2,20,25). The van der Waals surface area contributed by atoms with Gasteiger partial charge >= 0.3 is 0 Å². The van der Waals surface area contributed by atoms with Crippen LogP contribution in [0.25, 0.3) is 5.69 Å². The van der Waals surface area contributed by atoms with Crippen molar-refractivity contribution in [3.05, 3.63) is 78.1 Å². The van der Waals surface area contributed by atoms with Gasteiger partial charge in [0.05, 0.1) is 5.69 Å². The van der Waals surface area contributed by atoms with E-state index in [0.717, 1.165) is 11.3 Å². The first kappa shape index (κ1) is 16.8. The fourth-order valence-electron chi connectivity index (χ4n) is 2.60. The van der Waals surface area contributed by atoms with Crippen molar-refractivity contribution >= 4 is 5.91 Å². The lowest BCUT2D eigenvalue weighted by Gasteiger charge is -2.22. The molecule has 6 nitrogen and oxygen atoms in total. The highest BCUT2D eigenvalue weighted by Crippen LogP contribution is 2.21. The van der Waals surface area contributed by atoms with Gasteiger partial charge in [0.25, 0.3) is 0 Å². The molecule has 1 aromatic heterocycles. The summed E-state index contributed by atoms with van der Waals surface area (Å²) in [4.78, 5) is 15.7. The predicted octanol–water partition coefficient (Wildman–Crippen LogP) is 2.28. The van der Waals surface area contributed by atoms with Crippen LogP contribution in [0.4, 0.5) is 4.39 Å². The summed E-state index contributed by atoms with van der Waals surface area (Å²) in [6, 6.07) is 12.6. The van der Waals surface area contributed by atoms with Crippen LogP contribution in [0, 0.1) is 5.82 Å². The van der Waals surface area contributed by atoms with Crippen LogP contribution in [0.3, 0.4) is 0 Å². The van der Waals surface area contributed by atoms with Crippen LogP contribution in [0.2, 0.25) is 0 Å². The zero-order chi connectivity index (χ0) is 17.8. The highest BCUT2D eigenvalue weighted by Gasteiger charge is 2.20. The molecule has 0 saturated heterocycles. The van der Waals surface area contributed by atoms with Gasteiger partial charge in [-0.1, -0.05) is 24.3 Å². The van der Waals surface area contributed by atoms with Crippen molar-refractivity contribution in [2.24, 2.45) is 5.73 Å². The van der Waals surface area contributed by atoms with Crippen LogP contribution < -0.4 is 11.1 Å². The van der Waals surface area contributed by atoms with Gasteiger partial charge in [0.15, 0.2) is 0 Å². The van der Waals surface area contributed by atoms with Gasteiger partial charge in [0.2, 0.25) is 5.91 Å². The SMILES string of the molecule is CC(NC(C(N)=O)c1ccc(F)cc1)c1ccc(-n2cncn2)cc1. The first-order valence-electron chi connectivity index (χ1n) is 7.80. The minimum atomic E-state index is -0.703. The Morgan fingerprint density at radius 2 is 1.76 bits per heavy atom. The Hall–Kier alpha value is -3.06. The fourth-order valence-corrected chi connectivity index (χ4v) is 2.60. The maximum atomic E-state index is 13.1. The smallest absolute Gasteiger partial charge is 0.239 e. The topological polar surface area (TPSA) is 85.8 Å². The Bertz CT molecular complexity index is 831. The summed E-state index contributed by atoms with van der Waals surface area (Å²) in [6.07, 6.45) is 3.09. The number of nitrogens with one attached hydrogen (secondary N) is 1. The minimum absolute atomic E-state index is 0.132. The molecule has 128 valence electrons. The molecule has 7 heteroatoms. The van der Waals surface area contributed by atoms with Crippen LogP contribution in [0.15, 0.2) is 61.2 Å². The molecular formula is C18H18FN5O. The second-order valence-electron chi connectivity index (χ2n) is 5.71. The van der Waals surface area contributed by atoms with Gasteiger partial charge in [-0.2, -0.15) is 5.10 Å².